The second-order valence-electron chi connectivity index (χ2n) is 18.1. The van der Waals surface area contributed by atoms with Crippen LogP contribution in [0.4, 0.5) is 17.1 Å². The Kier molecular flexibility index (Phi) is 10.2. The summed E-state index contributed by atoms with van der Waals surface area (Å²) in [5.41, 5.74) is 18.8. The van der Waals surface area contributed by atoms with E-state index in [0.29, 0.717) is 0 Å². The first-order valence-electron chi connectivity index (χ1n) is 24.1. The van der Waals surface area contributed by atoms with Gasteiger partial charge in [-0.15, -0.1) is 0 Å². The number of fused-ring (bicyclic) bond motifs is 5. The van der Waals surface area contributed by atoms with Crippen molar-refractivity contribution < 1.29 is 0 Å². The van der Waals surface area contributed by atoms with Crippen molar-refractivity contribution in [3.63, 3.8) is 0 Å². The predicted octanol–water partition coefficient (Wildman–Crippen LogP) is 18.9. The molecule has 0 saturated heterocycles. The zero-order valence-electron chi connectivity index (χ0n) is 38.5. The zero-order valence-corrected chi connectivity index (χ0v) is 38.5. The molecule has 0 N–H and O–H groups in total. The first-order chi connectivity index (χ1) is 34.7. The standard InChI is InChI=1S/C68H46N2/c1-3-16-47(17-4-1)53-21-13-22-54(44-53)50-38-42-59(43-39-50)69(58-40-36-49(37-41-58)48-32-34-52(35-33-48)62-30-15-20-51-18-7-9-27-61(51)62)60-26-14-23-56(45-60)67-63-28-10-8-19-55(63)46-66-68(67)64-29-11-12-31-65(64)70(66)57-24-5-2-6-25-57/h1-46H. The number of rotatable bonds is 9. The summed E-state index contributed by atoms with van der Waals surface area (Å²) < 4.78 is 2.42. The van der Waals surface area contributed by atoms with Crippen LogP contribution in [0.5, 0.6) is 0 Å². The molecule has 13 rings (SSSR count). The normalized spacial score (nSPS) is 11.4. The lowest BCUT2D eigenvalue weighted by atomic mass is 9.92. The molecule has 0 spiro atoms. The lowest BCUT2D eigenvalue weighted by Crippen LogP contribution is -2.10. The monoisotopic (exact) mass is 890 g/mol. The molecule has 0 aliphatic heterocycles. The topological polar surface area (TPSA) is 8.17 Å². The molecule has 0 unspecified atom stereocenters. The highest BCUT2D eigenvalue weighted by molar-refractivity contribution is 6.23. The van der Waals surface area contributed by atoms with Crippen LogP contribution < -0.4 is 4.90 Å². The zero-order chi connectivity index (χ0) is 46.4. The minimum atomic E-state index is 1.08. The average molecular weight is 891 g/mol. The Morgan fingerprint density at radius 1 is 0.257 bits per heavy atom. The Labute approximate surface area is 408 Å². The van der Waals surface area contributed by atoms with E-state index in [-0.39, 0.29) is 0 Å². The van der Waals surface area contributed by atoms with Crippen LogP contribution >= 0.6 is 0 Å². The van der Waals surface area contributed by atoms with Crippen LogP contribution in [-0.4, -0.2) is 4.57 Å². The molecule has 13 aromatic rings. The molecule has 1 heterocycles. The highest BCUT2D eigenvalue weighted by Gasteiger charge is 2.21. The summed E-state index contributed by atoms with van der Waals surface area (Å²) in [5, 5.41) is 7.44. The van der Waals surface area contributed by atoms with Crippen molar-refractivity contribution in [1.29, 1.82) is 0 Å². The van der Waals surface area contributed by atoms with Gasteiger partial charge in [-0.2, -0.15) is 0 Å². The Hall–Kier alpha value is -9.24. The van der Waals surface area contributed by atoms with Crippen LogP contribution in [0.2, 0.25) is 0 Å². The van der Waals surface area contributed by atoms with Crippen molar-refractivity contribution in [2.45, 2.75) is 0 Å². The molecule has 0 fully saturated rings. The van der Waals surface area contributed by atoms with Crippen LogP contribution in [0, 0.1) is 0 Å². The summed E-state index contributed by atoms with van der Waals surface area (Å²) >= 11 is 0. The summed E-state index contributed by atoms with van der Waals surface area (Å²) in [4.78, 5) is 2.40. The molecule has 328 valence electrons. The first-order valence-corrected chi connectivity index (χ1v) is 24.1. The third kappa shape index (κ3) is 7.31. The quantitative estimate of drug-likeness (QED) is 0.140. The van der Waals surface area contributed by atoms with Crippen LogP contribution in [-0.2, 0) is 0 Å². The highest BCUT2D eigenvalue weighted by Crippen LogP contribution is 2.45. The van der Waals surface area contributed by atoms with E-state index in [1.165, 1.54) is 93.4 Å². The highest BCUT2D eigenvalue weighted by atomic mass is 15.1. The van der Waals surface area contributed by atoms with Crippen molar-refractivity contribution in [2.75, 3.05) is 4.90 Å². The molecule has 0 aliphatic rings. The van der Waals surface area contributed by atoms with Crippen molar-refractivity contribution >= 4 is 60.4 Å². The third-order valence-corrected chi connectivity index (χ3v) is 14.0. The molecule has 0 aliphatic carbocycles. The van der Waals surface area contributed by atoms with E-state index >= 15 is 0 Å². The minimum Gasteiger partial charge on any atom is -0.310 e. The summed E-state index contributed by atoms with van der Waals surface area (Å²) in [6.07, 6.45) is 0. The van der Waals surface area contributed by atoms with E-state index in [1.807, 2.05) is 0 Å². The number of hydrogen-bond acceptors (Lipinski definition) is 1. The number of nitrogens with zero attached hydrogens (tertiary/aromatic N) is 2. The smallest absolute Gasteiger partial charge is 0.0553 e. The van der Waals surface area contributed by atoms with Gasteiger partial charge in [0.2, 0.25) is 0 Å². The molecule has 0 atom stereocenters. The van der Waals surface area contributed by atoms with Crippen molar-refractivity contribution in [1.82, 2.24) is 4.57 Å². The largest absolute Gasteiger partial charge is 0.310 e. The SMILES string of the molecule is c1ccc(-c2cccc(-c3ccc(N(c4ccc(-c5ccc(-c6cccc7ccccc67)cc5)cc4)c4cccc(-c5c6ccccc6cc6c5c5ccccc5n6-c5ccccc5)c4)cc3)c2)cc1. The van der Waals surface area contributed by atoms with Crippen LogP contribution in [0.15, 0.2) is 279 Å². The lowest BCUT2D eigenvalue weighted by molar-refractivity contribution is 1.18. The van der Waals surface area contributed by atoms with Crippen LogP contribution in [0.25, 0.3) is 105 Å². The maximum Gasteiger partial charge on any atom is 0.0553 e. The molecule has 0 amide bonds. The van der Waals surface area contributed by atoms with Crippen LogP contribution in [0.3, 0.4) is 0 Å². The molecular weight excluding hydrogens is 845 g/mol. The van der Waals surface area contributed by atoms with Gasteiger partial charge in [-0.3, -0.25) is 0 Å². The summed E-state index contributed by atoms with van der Waals surface area (Å²) in [7, 11) is 0. The van der Waals surface area contributed by atoms with E-state index in [0.717, 1.165) is 28.3 Å². The van der Waals surface area contributed by atoms with E-state index in [4.69, 9.17) is 0 Å². The van der Waals surface area contributed by atoms with E-state index in [2.05, 4.69) is 289 Å². The van der Waals surface area contributed by atoms with Gasteiger partial charge in [-0.1, -0.05) is 212 Å². The van der Waals surface area contributed by atoms with Crippen molar-refractivity contribution in [3.8, 4) is 61.3 Å². The van der Waals surface area contributed by atoms with E-state index in [1.54, 1.807) is 0 Å². The number of hydrogen-bond donors (Lipinski definition) is 0. The Balaban J connectivity index is 0.937. The number of para-hydroxylation sites is 2. The Morgan fingerprint density at radius 2 is 0.743 bits per heavy atom. The minimum absolute atomic E-state index is 1.08. The predicted molar refractivity (Wildman–Crippen MR) is 298 cm³/mol. The van der Waals surface area contributed by atoms with E-state index in [9.17, 15) is 0 Å². The van der Waals surface area contributed by atoms with Gasteiger partial charge in [0.15, 0.2) is 0 Å². The third-order valence-electron chi connectivity index (χ3n) is 14.0. The fourth-order valence-electron chi connectivity index (χ4n) is 10.6. The molecule has 70 heavy (non-hydrogen) atoms. The van der Waals surface area contributed by atoms with Gasteiger partial charge in [-0.05, 0) is 144 Å². The fraction of sp³-hybridized carbons (Fsp3) is 0. The maximum absolute atomic E-state index is 2.42. The number of anilines is 3. The summed E-state index contributed by atoms with van der Waals surface area (Å²) in [6.45, 7) is 0. The number of aromatic nitrogens is 1. The second kappa shape index (κ2) is 17.4. The summed E-state index contributed by atoms with van der Waals surface area (Å²) in [5.74, 6) is 0. The second-order valence-corrected chi connectivity index (χ2v) is 18.1. The van der Waals surface area contributed by atoms with Gasteiger partial charge in [0.25, 0.3) is 0 Å². The Bertz CT molecular complexity index is 4010. The molecular formula is C68H46N2. The Morgan fingerprint density at radius 3 is 1.46 bits per heavy atom. The first kappa shape index (κ1) is 41.0. The molecule has 0 saturated carbocycles. The molecule has 0 bridgehead atoms. The lowest BCUT2D eigenvalue weighted by Gasteiger charge is -2.27. The van der Waals surface area contributed by atoms with Gasteiger partial charge in [0.1, 0.15) is 0 Å². The van der Waals surface area contributed by atoms with Gasteiger partial charge in [-0.25, -0.2) is 0 Å². The average Bonchev–Trinajstić information content (AvgIpc) is 3.77. The van der Waals surface area contributed by atoms with Gasteiger partial charge in [0.05, 0.1) is 11.0 Å². The van der Waals surface area contributed by atoms with Crippen molar-refractivity contribution in [2.24, 2.45) is 0 Å². The molecule has 0 radical (unpaired) electrons. The van der Waals surface area contributed by atoms with Crippen LogP contribution in [0.1, 0.15) is 0 Å². The van der Waals surface area contributed by atoms with E-state index < -0.39 is 0 Å². The summed E-state index contributed by atoms with van der Waals surface area (Å²) in [6, 6.07) is 102. The molecule has 12 aromatic carbocycles. The van der Waals surface area contributed by atoms with Gasteiger partial charge < -0.3 is 9.47 Å². The number of benzene rings is 12. The van der Waals surface area contributed by atoms with Gasteiger partial charge in [0, 0.05) is 33.5 Å². The molecule has 2 nitrogen and oxygen atoms in total. The van der Waals surface area contributed by atoms with Crippen molar-refractivity contribution in [3.05, 3.63) is 279 Å². The maximum atomic E-state index is 2.42. The van der Waals surface area contributed by atoms with Gasteiger partial charge >= 0.3 is 0 Å². The fourth-order valence-corrected chi connectivity index (χ4v) is 10.6. The molecule has 2 heteroatoms. The molecule has 1 aromatic heterocycles.